The first-order valence-corrected chi connectivity index (χ1v) is 7.79. The Hall–Kier alpha value is -1.17. The van der Waals surface area contributed by atoms with Gasteiger partial charge in [0.15, 0.2) is 0 Å². The maximum Gasteiger partial charge on any atom is 0.255 e. The molecule has 23 heavy (non-hydrogen) atoms. The van der Waals surface area contributed by atoms with E-state index in [0.717, 1.165) is 19.3 Å². The molecule has 0 atom stereocenters. The van der Waals surface area contributed by atoms with E-state index >= 15 is 0 Å². The zero-order valence-electron chi connectivity index (χ0n) is 13.5. The van der Waals surface area contributed by atoms with Crippen LogP contribution in [0.2, 0.25) is 5.02 Å². The Balaban J connectivity index is 0.00000264. The topological polar surface area (TPSA) is 73.6 Å². The molecule has 1 saturated carbocycles. The first-order valence-electron chi connectivity index (χ1n) is 7.41. The number of nitrogen functional groups attached to an aromatic ring is 1. The zero-order chi connectivity index (χ0) is 16.2. The van der Waals surface area contributed by atoms with Crippen molar-refractivity contribution in [2.45, 2.75) is 25.7 Å². The molecule has 2 rings (SSSR count). The highest BCUT2D eigenvalue weighted by Crippen LogP contribution is 2.43. The Morgan fingerprint density at radius 1 is 1.39 bits per heavy atom. The van der Waals surface area contributed by atoms with Crippen LogP contribution >= 0.6 is 24.0 Å². The fraction of sp³-hybridized carbons (Fsp3) is 0.562. The van der Waals surface area contributed by atoms with Crippen LogP contribution in [0.1, 0.15) is 36.0 Å². The van der Waals surface area contributed by atoms with Crippen LogP contribution in [-0.4, -0.2) is 33.3 Å². The summed E-state index contributed by atoms with van der Waals surface area (Å²) in [4.78, 5) is 12.4. The summed E-state index contributed by atoms with van der Waals surface area (Å²) in [6.45, 7) is 1.35. The lowest BCUT2D eigenvalue weighted by Crippen LogP contribution is -2.43. The van der Waals surface area contributed by atoms with Crippen molar-refractivity contribution in [1.29, 1.82) is 0 Å². The summed E-state index contributed by atoms with van der Waals surface area (Å²) in [7, 11) is 3.21. The molecule has 0 saturated heterocycles. The van der Waals surface area contributed by atoms with Gasteiger partial charge in [-0.1, -0.05) is 18.0 Å². The van der Waals surface area contributed by atoms with E-state index in [2.05, 4.69) is 5.32 Å². The molecule has 1 aromatic carbocycles. The maximum absolute atomic E-state index is 12.4. The largest absolute Gasteiger partial charge is 0.496 e. The molecule has 7 heteroatoms. The van der Waals surface area contributed by atoms with E-state index in [4.69, 9.17) is 26.8 Å². The normalized spacial score (nSPS) is 15.3. The highest BCUT2D eigenvalue weighted by molar-refractivity contribution is 6.33. The third-order valence-electron chi connectivity index (χ3n) is 4.44. The molecule has 5 nitrogen and oxygen atoms in total. The summed E-state index contributed by atoms with van der Waals surface area (Å²) in [6.07, 6.45) is 4.41. The number of hydrogen-bond donors (Lipinski definition) is 2. The Morgan fingerprint density at radius 2 is 2.09 bits per heavy atom. The number of amides is 1. The molecular weight excluding hydrogens is 339 g/mol. The standard InChI is InChI=1S/C16H23ClN2O3.ClH/c1-21-7-6-16(4-3-5-16)10-19-15(20)11-8-12(17)13(18)9-14(11)22-2;/h8-9H,3-7,10,18H2,1-2H3,(H,19,20);1H. The Bertz CT molecular complexity index is 548. The van der Waals surface area contributed by atoms with E-state index in [1.54, 1.807) is 19.2 Å². The van der Waals surface area contributed by atoms with Crippen molar-refractivity contribution < 1.29 is 14.3 Å². The predicted molar refractivity (Wildman–Crippen MR) is 94.8 cm³/mol. The van der Waals surface area contributed by atoms with Gasteiger partial charge in [-0.15, -0.1) is 12.4 Å². The first-order chi connectivity index (χ1) is 10.5. The number of nitrogens with one attached hydrogen (secondary N) is 1. The van der Waals surface area contributed by atoms with Gasteiger partial charge in [0.25, 0.3) is 5.91 Å². The van der Waals surface area contributed by atoms with Crippen molar-refractivity contribution in [3.05, 3.63) is 22.7 Å². The average molecular weight is 363 g/mol. The van der Waals surface area contributed by atoms with Crippen molar-refractivity contribution in [2.24, 2.45) is 5.41 Å². The van der Waals surface area contributed by atoms with E-state index in [-0.39, 0.29) is 23.7 Å². The Kier molecular flexibility index (Phi) is 7.45. The molecule has 1 aliphatic carbocycles. The molecule has 0 spiro atoms. The number of nitrogens with two attached hydrogens (primary N) is 1. The smallest absolute Gasteiger partial charge is 0.255 e. The summed E-state index contributed by atoms with van der Waals surface area (Å²) in [6, 6.07) is 3.12. The molecular formula is C16H24Cl2N2O3. The van der Waals surface area contributed by atoms with Gasteiger partial charge in [-0.25, -0.2) is 0 Å². The minimum Gasteiger partial charge on any atom is -0.496 e. The monoisotopic (exact) mass is 362 g/mol. The maximum atomic E-state index is 12.4. The molecule has 1 aromatic rings. The molecule has 0 unspecified atom stereocenters. The van der Waals surface area contributed by atoms with Crippen LogP contribution in [-0.2, 0) is 4.74 Å². The van der Waals surface area contributed by atoms with Crippen LogP contribution in [0.5, 0.6) is 5.75 Å². The number of benzene rings is 1. The molecule has 0 radical (unpaired) electrons. The lowest BCUT2D eigenvalue weighted by Gasteiger charge is -2.42. The van der Waals surface area contributed by atoms with Crippen molar-refractivity contribution >= 4 is 35.6 Å². The third kappa shape index (κ3) is 4.66. The fourth-order valence-electron chi connectivity index (χ4n) is 2.79. The summed E-state index contributed by atoms with van der Waals surface area (Å²) in [5, 5.41) is 3.35. The van der Waals surface area contributed by atoms with Crippen molar-refractivity contribution in [3.8, 4) is 5.75 Å². The van der Waals surface area contributed by atoms with E-state index in [0.29, 0.717) is 35.2 Å². The number of hydrogen-bond acceptors (Lipinski definition) is 4. The summed E-state index contributed by atoms with van der Waals surface area (Å²) < 4.78 is 10.4. The lowest BCUT2D eigenvalue weighted by molar-refractivity contribution is 0.0630. The van der Waals surface area contributed by atoms with Crippen LogP contribution in [0.15, 0.2) is 12.1 Å². The van der Waals surface area contributed by atoms with Gasteiger partial charge >= 0.3 is 0 Å². The van der Waals surface area contributed by atoms with Gasteiger partial charge in [0.1, 0.15) is 5.75 Å². The molecule has 1 fully saturated rings. The molecule has 1 amide bonds. The quantitative estimate of drug-likeness (QED) is 0.729. The number of carbonyl (C=O) groups is 1. The minimum absolute atomic E-state index is 0. The van der Waals surface area contributed by atoms with Crippen LogP contribution < -0.4 is 15.8 Å². The van der Waals surface area contributed by atoms with E-state index < -0.39 is 0 Å². The average Bonchev–Trinajstić information content (AvgIpc) is 2.47. The number of methoxy groups -OCH3 is 2. The van der Waals surface area contributed by atoms with Gasteiger partial charge in [-0.2, -0.15) is 0 Å². The second kappa shape index (κ2) is 8.62. The summed E-state index contributed by atoms with van der Waals surface area (Å²) >= 11 is 6.01. The van der Waals surface area contributed by atoms with Gasteiger partial charge in [-0.05, 0) is 30.7 Å². The van der Waals surface area contributed by atoms with Crippen molar-refractivity contribution in [3.63, 3.8) is 0 Å². The minimum atomic E-state index is -0.192. The summed E-state index contributed by atoms with van der Waals surface area (Å²) in [5.41, 5.74) is 6.70. The number of rotatable bonds is 7. The van der Waals surface area contributed by atoms with Crippen LogP contribution in [0.4, 0.5) is 5.69 Å². The van der Waals surface area contributed by atoms with Gasteiger partial charge in [-0.3, -0.25) is 4.79 Å². The SMILES string of the molecule is COCCC1(CNC(=O)c2cc(Cl)c(N)cc2OC)CCC1.Cl. The molecule has 1 aliphatic rings. The zero-order valence-corrected chi connectivity index (χ0v) is 15.1. The molecule has 0 bridgehead atoms. The van der Waals surface area contributed by atoms with Crippen LogP contribution in [0.25, 0.3) is 0 Å². The second-order valence-corrected chi connectivity index (χ2v) is 6.26. The number of anilines is 1. The fourth-order valence-corrected chi connectivity index (χ4v) is 2.95. The second-order valence-electron chi connectivity index (χ2n) is 5.85. The molecule has 0 heterocycles. The first kappa shape index (κ1) is 19.9. The van der Waals surface area contributed by atoms with Crippen LogP contribution in [0.3, 0.4) is 0 Å². The van der Waals surface area contributed by atoms with Gasteiger partial charge in [0.2, 0.25) is 0 Å². The molecule has 3 N–H and O–H groups in total. The van der Waals surface area contributed by atoms with Crippen molar-refractivity contribution in [2.75, 3.05) is 33.1 Å². The molecule has 130 valence electrons. The van der Waals surface area contributed by atoms with Crippen molar-refractivity contribution in [1.82, 2.24) is 5.32 Å². The third-order valence-corrected chi connectivity index (χ3v) is 4.77. The highest BCUT2D eigenvalue weighted by atomic mass is 35.5. The molecule has 0 aliphatic heterocycles. The van der Waals surface area contributed by atoms with E-state index in [1.165, 1.54) is 13.5 Å². The Labute approximate surface area is 148 Å². The van der Waals surface area contributed by atoms with Gasteiger partial charge < -0.3 is 20.5 Å². The number of halogens is 2. The van der Waals surface area contributed by atoms with Crippen LogP contribution in [0, 0.1) is 5.41 Å². The van der Waals surface area contributed by atoms with Gasteiger partial charge in [0, 0.05) is 26.3 Å². The Morgan fingerprint density at radius 3 is 2.61 bits per heavy atom. The predicted octanol–water partition coefficient (Wildman–Crippen LogP) is 3.29. The molecule has 0 aromatic heterocycles. The number of carbonyl (C=O) groups excluding carboxylic acids is 1. The lowest BCUT2D eigenvalue weighted by atomic mass is 9.66. The van der Waals surface area contributed by atoms with Gasteiger partial charge in [0.05, 0.1) is 23.4 Å². The van der Waals surface area contributed by atoms with E-state index in [9.17, 15) is 4.79 Å². The van der Waals surface area contributed by atoms with E-state index in [1.807, 2.05) is 0 Å². The summed E-state index contributed by atoms with van der Waals surface area (Å²) in [5.74, 6) is 0.237. The number of ether oxygens (including phenoxy) is 2. The highest BCUT2D eigenvalue weighted by Gasteiger charge is 2.36.